The van der Waals surface area contributed by atoms with Crippen LogP contribution in [0.1, 0.15) is 25.0 Å². The molecule has 34 heavy (non-hydrogen) atoms. The first-order chi connectivity index (χ1) is 16.4. The van der Waals surface area contributed by atoms with Crippen LogP contribution in [0.2, 0.25) is 0 Å². The van der Waals surface area contributed by atoms with E-state index in [1.165, 1.54) is 11.8 Å². The number of rotatable bonds is 7. The number of urea groups is 1. The Morgan fingerprint density at radius 1 is 1.21 bits per heavy atom. The molecule has 0 fully saturated rings. The van der Waals surface area contributed by atoms with Crippen molar-refractivity contribution in [3.8, 4) is 17.2 Å². The Morgan fingerprint density at radius 3 is 2.74 bits per heavy atom. The number of hydrogen-bond donors (Lipinski definition) is 2. The fourth-order valence-corrected chi connectivity index (χ4v) is 4.74. The minimum atomic E-state index is -0.468. The maximum absolute atomic E-state index is 12.6. The third-order valence-corrected chi connectivity index (χ3v) is 6.29. The monoisotopic (exact) mass is 478 g/mol. The first-order valence-corrected chi connectivity index (χ1v) is 11.9. The van der Waals surface area contributed by atoms with Gasteiger partial charge >= 0.3 is 12.0 Å². The molecule has 1 unspecified atom stereocenters. The van der Waals surface area contributed by atoms with Gasteiger partial charge in [0.1, 0.15) is 5.69 Å². The molecule has 0 saturated carbocycles. The highest BCUT2D eigenvalue weighted by Gasteiger charge is 2.30. The Kier molecular flexibility index (Phi) is 6.97. The van der Waals surface area contributed by atoms with Crippen molar-refractivity contribution >= 4 is 23.8 Å². The van der Waals surface area contributed by atoms with Gasteiger partial charge in [0.2, 0.25) is 0 Å². The lowest BCUT2D eigenvalue weighted by Crippen LogP contribution is -2.49. The maximum atomic E-state index is 12.6. The van der Waals surface area contributed by atoms with E-state index in [9.17, 15) is 9.59 Å². The second-order valence-corrected chi connectivity index (χ2v) is 8.81. The highest BCUT2D eigenvalue weighted by atomic mass is 32.2. The Balaban J connectivity index is 1.75. The van der Waals surface area contributed by atoms with Crippen molar-refractivity contribution in [2.75, 3.05) is 12.4 Å². The molecular weight excluding hydrogens is 452 g/mol. The molecule has 3 aromatic rings. The van der Waals surface area contributed by atoms with E-state index in [0.717, 1.165) is 16.8 Å². The van der Waals surface area contributed by atoms with E-state index in [4.69, 9.17) is 4.74 Å². The molecule has 2 N–H and O–H groups in total. The van der Waals surface area contributed by atoms with Crippen LogP contribution in [0.4, 0.5) is 4.79 Å². The van der Waals surface area contributed by atoms with Crippen molar-refractivity contribution in [2.24, 2.45) is 0 Å². The number of carbonyl (C=O) groups excluding carboxylic acids is 2. The lowest BCUT2D eigenvalue weighted by molar-refractivity contribution is -0.138. The normalized spacial score (nSPS) is 15.6. The van der Waals surface area contributed by atoms with E-state index in [1.807, 2.05) is 48.7 Å². The van der Waals surface area contributed by atoms with Crippen molar-refractivity contribution in [1.82, 2.24) is 30.4 Å². The lowest BCUT2D eigenvalue weighted by atomic mass is 10.1. The SMILES string of the molecule is CCOC(=O)C1=C(CSc2nnc(-c3ccccn3)n2-c2ccc(C)cc2C)NC(=O)NC1C. The van der Waals surface area contributed by atoms with E-state index in [-0.39, 0.29) is 12.6 Å². The average Bonchev–Trinajstić information content (AvgIpc) is 3.21. The Hall–Kier alpha value is -3.66. The standard InChI is InChI=1S/C24H26N6O3S/c1-5-33-22(31)20-16(4)26-23(32)27-18(20)13-34-24-29-28-21(17-8-6-7-11-25-17)30(24)19-10-9-14(2)12-15(19)3/h6-12,16H,5,13H2,1-4H3,(H2,26,27,32). The van der Waals surface area contributed by atoms with Crippen LogP contribution in [0, 0.1) is 13.8 Å². The average molecular weight is 479 g/mol. The molecular formula is C24H26N6O3S. The summed E-state index contributed by atoms with van der Waals surface area (Å²) in [4.78, 5) is 29.1. The van der Waals surface area contributed by atoms with Crippen LogP contribution in [0.3, 0.4) is 0 Å². The number of esters is 1. The summed E-state index contributed by atoms with van der Waals surface area (Å²) in [5, 5.41) is 14.9. The molecule has 1 aromatic carbocycles. The second kappa shape index (κ2) is 10.1. The van der Waals surface area contributed by atoms with Crippen molar-refractivity contribution in [3.63, 3.8) is 0 Å². The predicted octanol–water partition coefficient (Wildman–Crippen LogP) is 3.56. The van der Waals surface area contributed by atoms with Gasteiger partial charge in [-0.3, -0.25) is 9.55 Å². The van der Waals surface area contributed by atoms with Crippen LogP contribution in [-0.4, -0.2) is 50.2 Å². The highest BCUT2D eigenvalue weighted by Crippen LogP contribution is 2.30. The van der Waals surface area contributed by atoms with Crippen molar-refractivity contribution < 1.29 is 14.3 Å². The molecule has 1 aliphatic rings. The number of thioether (sulfide) groups is 1. The Morgan fingerprint density at radius 2 is 2.03 bits per heavy atom. The Bertz CT molecular complexity index is 1250. The molecule has 0 bridgehead atoms. The third kappa shape index (κ3) is 4.81. The number of ether oxygens (including phenoxy) is 1. The Labute approximate surface area is 202 Å². The topological polar surface area (TPSA) is 111 Å². The van der Waals surface area contributed by atoms with E-state index in [2.05, 4.69) is 31.9 Å². The minimum Gasteiger partial charge on any atom is -0.463 e. The van der Waals surface area contributed by atoms with Crippen molar-refractivity contribution in [1.29, 1.82) is 0 Å². The summed E-state index contributed by atoms with van der Waals surface area (Å²) in [6.07, 6.45) is 1.71. The largest absolute Gasteiger partial charge is 0.463 e. The van der Waals surface area contributed by atoms with E-state index in [1.54, 1.807) is 20.0 Å². The summed E-state index contributed by atoms with van der Waals surface area (Å²) in [7, 11) is 0. The molecule has 0 aliphatic carbocycles. The van der Waals surface area contributed by atoms with Crippen LogP contribution >= 0.6 is 11.8 Å². The third-order valence-electron chi connectivity index (χ3n) is 5.33. The first kappa shape index (κ1) is 23.5. The molecule has 2 aromatic heterocycles. The van der Waals surface area contributed by atoms with Gasteiger partial charge in [-0.05, 0) is 51.5 Å². The summed E-state index contributed by atoms with van der Waals surface area (Å²) in [6.45, 7) is 7.83. The van der Waals surface area contributed by atoms with Crippen LogP contribution in [-0.2, 0) is 9.53 Å². The smallest absolute Gasteiger partial charge is 0.337 e. The quantitative estimate of drug-likeness (QED) is 0.395. The molecule has 0 spiro atoms. The molecule has 1 aliphatic heterocycles. The van der Waals surface area contributed by atoms with E-state index < -0.39 is 12.0 Å². The minimum absolute atomic E-state index is 0.248. The van der Waals surface area contributed by atoms with Crippen LogP contribution in [0.5, 0.6) is 0 Å². The predicted molar refractivity (Wildman–Crippen MR) is 130 cm³/mol. The van der Waals surface area contributed by atoms with Gasteiger partial charge in [-0.25, -0.2) is 9.59 Å². The summed E-state index contributed by atoms with van der Waals surface area (Å²) in [6, 6.07) is 11.0. The van der Waals surface area contributed by atoms with Gasteiger partial charge in [-0.1, -0.05) is 35.5 Å². The molecule has 4 rings (SSSR count). The summed E-state index contributed by atoms with van der Waals surface area (Å²) in [5.74, 6) is 0.456. The highest BCUT2D eigenvalue weighted by molar-refractivity contribution is 7.99. The zero-order valence-corrected chi connectivity index (χ0v) is 20.3. The fraction of sp³-hybridized carbons (Fsp3) is 0.292. The van der Waals surface area contributed by atoms with Gasteiger partial charge in [0.15, 0.2) is 11.0 Å². The van der Waals surface area contributed by atoms with E-state index >= 15 is 0 Å². The number of amides is 2. The van der Waals surface area contributed by atoms with Gasteiger partial charge in [-0.15, -0.1) is 10.2 Å². The van der Waals surface area contributed by atoms with Gasteiger partial charge in [-0.2, -0.15) is 0 Å². The number of pyridine rings is 1. The van der Waals surface area contributed by atoms with Gasteiger partial charge < -0.3 is 15.4 Å². The molecule has 3 heterocycles. The van der Waals surface area contributed by atoms with Crippen molar-refractivity contribution in [2.45, 2.75) is 38.9 Å². The molecule has 0 radical (unpaired) electrons. The number of carbonyl (C=O) groups is 2. The molecule has 176 valence electrons. The molecule has 2 amide bonds. The number of aromatic nitrogens is 4. The van der Waals surface area contributed by atoms with Crippen LogP contribution in [0.25, 0.3) is 17.2 Å². The lowest BCUT2D eigenvalue weighted by Gasteiger charge is -2.26. The van der Waals surface area contributed by atoms with Crippen molar-refractivity contribution in [3.05, 3.63) is 65.0 Å². The molecule has 9 nitrogen and oxygen atoms in total. The number of nitrogens with one attached hydrogen (secondary N) is 2. The number of aryl methyl sites for hydroxylation is 2. The zero-order valence-electron chi connectivity index (χ0n) is 19.5. The maximum Gasteiger partial charge on any atom is 0.337 e. The molecule has 0 saturated heterocycles. The first-order valence-electron chi connectivity index (χ1n) is 10.9. The fourth-order valence-electron chi connectivity index (χ4n) is 3.83. The van der Waals surface area contributed by atoms with Crippen LogP contribution < -0.4 is 10.6 Å². The van der Waals surface area contributed by atoms with Gasteiger partial charge in [0.25, 0.3) is 0 Å². The molecule has 1 atom stereocenters. The molecule has 10 heteroatoms. The number of nitrogens with zero attached hydrogens (tertiary/aromatic N) is 4. The van der Waals surface area contributed by atoms with E-state index in [0.29, 0.717) is 33.7 Å². The summed E-state index contributed by atoms with van der Waals surface area (Å²) >= 11 is 1.37. The number of benzene rings is 1. The summed E-state index contributed by atoms with van der Waals surface area (Å²) in [5.41, 5.74) is 4.73. The summed E-state index contributed by atoms with van der Waals surface area (Å²) < 4.78 is 7.17. The second-order valence-electron chi connectivity index (χ2n) is 7.87. The van der Waals surface area contributed by atoms with Crippen LogP contribution in [0.15, 0.2) is 59.0 Å². The van der Waals surface area contributed by atoms with Gasteiger partial charge in [0.05, 0.1) is 23.9 Å². The zero-order chi connectivity index (χ0) is 24.2. The number of hydrogen-bond acceptors (Lipinski definition) is 7. The van der Waals surface area contributed by atoms with Gasteiger partial charge in [0, 0.05) is 17.6 Å².